The summed E-state index contributed by atoms with van der Waals surface area (Å²) in [6.45, 7) is 13.6. The molecule has 0 spiro atoms. The van der Waals surface area contributed by atoms with Gasteiger partial charge in [-0.3, -0.25) is 0 Å². The van der Waals surface area contributed by atoms with E-state index in [2.05, 4.69) is 125 Å². The lowest BCUT2D eigenvalue weighted by atomic mass is 9.41. The fourth-order valence-corrected chi connectivity index (χ4v) is 10.5. The van der Waals surface area contributed by atoms with Crippen molar-refractivity contribution in [2.45, 2.75) is 109 Å². The predicted octanol–water partition coefficient (Wildman–Crippen LogP) is 15.2. The molecule has 4 aliphatic rings. The van der Waals surface area contributed by atoms with Gasteiger partial charge in [0.15, 0.2) is 0 Å². The van der Waals surface area contributed by atoms with Crippen LogP contribution in [0.2, 0.25) is 0 Å². The van der Waals surface area contributed by atoms with Crippen molar-refractivity contribution in [1.29, 1.82) is 0 Å². The lowest BCUT2D eigenvalue weighted by Gasteiger charge is -2.63. The zero-order valence-corrected chi connectivity index (χ0v) is 35.4. The minimum absolute atomic E-state index is 0.263. The first-order chi connectivity index (χ1) is 27.6. The number of hydrogen-bond donors (Lipinski definition) is 0. The molecule has 0 nitrogen and oxygen atoms in total. The lowest BCUT2D eigenvalue weighted by Crippen LogP contribution is -2.55. The summed E-state index contributed by atoms with van der Waals surface area (Å²) >= 11 is 0. The summed E-state index contributed by atoms with van der Waals surface area (Å²) in [7, 11) is 0. The van der Waals surface area contributed by atoms with Crippen LogP contribution in [0.3, 0.4) is 0 Å². The molecule has 0 amide bonds. The number of rotatable bonds is 5. The van der Waals surface area contributed by atoms with Crippen LogP contribution in [0.1, 0.15) is 101 Å². The minimum Gasteiger partial charge on any atom is -0.170 e. The van der Waals surface area contributed by atoms with Crippen molar-refractivity contribution in [3.05, 3.63) is 201 Å². The van der Waals surface area contributed by atoms with Gasteiger partial charge in [0.25, 0.3) is 0 Å². The summed E-state index contributed by atoms with van der Waals surface area (Å²) in [5.41, 5.74) is 12.5. The Labute approximate surface area is 345 Å². The molecule has 0 aliphatic heterocycles. The summed E-state index contributed by atoms with van der Waals surface area (Å²) in [6, 6.07) is 49.4. The molecule has 6 aromatic carbocycles. The van der Waals surface area contributed by atoms with E-state index in [0.29, 0.717) is 10.8 Å². The molecule has 4 aliphatic carbocycles. The van der Waals surface area contributed by atoms with Gasteiger partial charge in [0.2, 0.25) is 0 Å². The summed E-state index contributed by atoms with van der Waals surface area (Å²) in [4.78, 5) is 0. The van der Waals surface area contributed by atoms with Gasteiger partial charge < -0.3 is 0 Å². The van der Waals surface area contributed by atoms with Gasteiger partial charge in [-0.05, 0) is 143 Å². The van der Waals surface area contributed by atoms with Crippen molar-refractivity contribution >= 4 is 0 Å². The largest absolute Gasteiger partial charge is 0.402 e. The molecule has 58 heavy (non-hydrogen) atoms. The fraction of sp³-hybridized carbons (Fsp3) is 0.345. The second-order valence-corrected chi connectivity index (χ2v) is 18.3. The Balaban J connectivity index is 0.000000137. The summed E-state index contributed by atoms with van der Waals surface area (Å²) in [5, 5.41) is 0. The van der Waals surface area contributed by atoms with Crippen LogP contribution >= 0.6 is 0 Å². The van der Waals surface area contributed by atoms with E-state index in [1.807, 2.05) is 13.8 Å². The van der Waals surface area contributed by atoms with E-state index >= 15 is 0 Å². The third-order valence-electron chi connectivity index (χ3n) is 13.7. The highest BCUT2D eigenvalue weighted by Gasteiger charge is 2.58. The average molecular weight is 777 g/mol. The Morgan fingerprint density at radius 2 is 0.655 bits per heavy atom. The molecule has 3 heteroatoms. The van der Waals surface area contributed by atoms with E-state index in [9.17, 15) is 13.2 Å². The van der Waals surface area contributed by atoms with Crippen LogP contribution < -0.4 is 0 Å². The summed E-state index contributed by atoms with van der Waals surface area (Å²) in [6.07, 6.45) is 4.23. The first-order valence-electron chi connectivity index (χ1n) is 21.1. The summed E-state index contributed by atoms with van der Waals surface area (Å²) in [5.74, 6) is 1.88. The molecule has 0 N–H and O–H groups in total. The second-order valence-electron chi connectivity index (χ2n) is 18.3. The monoisotopic (exact) mass is 776 g/mol. The topological polar surface area (TPSA) is 0 Å². The van der Waals surface area contributed by atoms with Crippen molar-refractivity contribution in [2.24, 2.45) is 11.8 Å². The van der Waals surface area contributed by atoms with Gasteiger partial charge in [-0.2, -0.15) is 13.2 Å². The first kappa shape index (κ1) is 41.3. The predicted molar refractivity (Wildman–Crippen MR) is 237 cm³/mol. The standard InChI is InChI=1S/C24H28.C17H17F3.C14H14/c1-17-3-7-21(8-4-17)23-12-19-11-20(13-23)15-24(14-19,16-23)22-9-5-18(2)6-10-22;1-12-4-8-14(9-5-12)16(3,17(18,19)20)15-10-6-13(2)7-11-15;1-11-3-7-13(8-4-11)14-9-5-12(2)6-10-14/h3-10,19-20H,11-16H2,1-2H3;4-11H,1-3H3;3-10H,1-2H3. The van der Waals surface area contributed by atoms with Crippen LogP contribution in [0.15, 0.2) is 146 Å². The zero-order chi connectivity index (χ0) is 41.3. The Bertz CT molecular complexity index is 2090. The van der Waals surface area contributed by atoms with E-state index in [1.54, 1.807) is 59.7 Å². The molecule has 4 fully saturated rings. The minimum atomic E-state index is -4.35. The van der Waals surface area contributed by atoms with Crippen molar-refractivity contribution in [3.63, 3.8) is 0 Å². The first-order valence-corrected chi connectivity index (χ1v) is 21.1. The number of aryl methyl sites for hydroxylation is 6. The van der Waals surface area contributed by atoms with Crippen molar-refractivity contribution in [1.82, 2.24) is 0 Å². The van der Waals surface area contributed by atoms with Gasteiger partial charge >= 0.3 is 6.18 Å². The van der Waals surface area contributed by atoms with Crippen LogP contribution in [0, 0.1) is 53.4 Å². The molecule has 0 unspecified atom stereocenters. The van der Waals surface area contributed by atoms with E-state index < -0.39 is 11.6 Å². The maximum atomic E-state index is 13.7. The molecule has 10 rings (SSSR count). The van der Waals surface area contributed by atoms with E-state index in [4.69, 9.17) is 0 Å². The fourth-order valence-electron chi connectivity index (χ4n) is 10.5. The Morgan fingerprint density at radius 1 is 0.397 bits per heavy atom. The van der Waals surface area contributed by atoms with Crippen LogP contribution in [0.25, 0.3) is 11.1 Å². The van der Waals surface area contributed by atoms with Gasteiger partial charge in [-0.15, -0.1) is 0 Å². The van der Waals surface area contributed by atoms with E-state index in [0.717, 1.165) is 23.0 Å². The third kappa shape index (κ3) is 8.61. The molecular weight excluding hydrogens is 718 g/mol. The number of alkyl halides is 3. The molecule has 0 aromatic heterocycles. The van der Waals surface area contributed by atoms with Gasteiger partial charge in [-0.25, -0.2) is 0 Å². The molecule has 0 heterocycles. The molecule has 6 aromatic rings. The molecule has 0 saturated heterocycles. The highest BCUT2D eigenvalue weighted by Crippen LogP contribution is 2.66. The van der Waals surface area contributed by atoms with Gasteiger partial charge in [-0.1, -0.05) is 179 Å². The zero-order valence-electron chi connectivity index (χ0n) is 35.4. The highest BCUT2D eigenvalue weighted by molar-refractivity contribution is 5.63. The molecule has 4 bridgehead atoms. The third-order valence-corrected chi connectivity index (χ3v) is 13.7. The average Bonchev–Trinajstić information content (AvgIpc) is 3.19. The quantitative estimate of drug-likeness (QED) is 0.164. The Hall–Kier alpha value is -4.89. The van der Waals surface area contributed by atoms with Crippen LogP contribution in [-0.4, -0.2) is 6.18 Å². The molecular formula is C55H59F3. The van der Waals surface area contributed by atoms with Gasteiger partial charge in [0, 0.05) is 0 Å². The molecule has 300 valence electrons. The normalized spacial score (nSPS) is 22.0. The van der Waals surface area contributed by atoms with Crippen LogP contribution in [0.4, 0.5) is 13.2 Å². The van der Waals surface area contributed by atoms with E-state index in [1.165, 1.54) is 78.8 Å². The Kier molecular flexibility index (Phi) is 11.7. The number of benzene rings is 6. The Morgan fingerprint density at radius 3 is 0.931 bits per heavy atom. The van der Waals surface area contributed by atoms with Gasteiger partial charge in [0.1, 0.15) is 5.41 Å². The van der Waals surface area contributed by atoms with Crippen molar-refractivity contribution in [3.8, 4) is 11.1 Å². The lowest BCUT2D eigenvalue weighted by molar-refractivity contribution is -0.173. The van der Waals surface area contributed by atoms with Crippen LogP contribution in [0.5, 0.6) is 0 Å². The SMILES string of the molecule is Cc1ccc(-c2ccc(C)cc2)cc1.Cc1ccc(C(C)(c2ccc(C)cc2)C(F)(F)F)cc1.Cc1ccc(C23CC4CC(C2)CC(c2ccc(C)cc2)(C4)C3)cc1. The van der Waals surface area contributed by atoms with E-state index in [-0.39, 0.29) is 11.1 Å². The summed E-state index contributed by atoms with van der Waals surface area (Å²) < 4.78 is 41.0. The second kappa shape index (κ2) is 16.4. The maximum absolute atomic E-state index is 13.7. The van der Waals surface area contributed by atoms with Crippen LogP contribution in [-0.2, 0) is 16.2 Å². The maximum Gasteiger partial charge on any atom is 0.402 e. The number of hydrogen-bond acceptors (Lipinski definition) is 0. The molecule has 4 saturated carbocycles. The number of halogens is 3. The van der Waals surface area contributed by atoms with Crippen molar-refractivity contribution in [2.75, 3.05) is 0 Å². The highest BCUT2D eigenvalue weighted by atomic mass is 19.4. The van der Waals surface area contributed by atoms with Gasteiger partial charge in [0.05, 0.1) is 0 Å². The van der Waals surface area contributed by atoms with Crippen molar-refractivity contribution < 1.29 is 13.2 Å². The smallest absolute Gasteiger partial charge is 0.170 e. The molecule has 0 radical (unpaired) electrons. The molecule has 0 atom stereocenters.